The Hall–Kier alpha value is -2.30. The molecule has 1 aliphatic heterocycles. The van der Waals surface area contributed by atoms with Crippen LogP contribution in [0.4, 0.5) is 0 Å². The number of carboxylic acids is 1. The predicted molar refractivity (Wildman–Crippen MR) is 106 cm³/mol. The van der Waals surface area contributed by atoms with E-state index in [2.05, 4.69) is 0 Å². The van der Waals surface area contributed by atoms with Crippen LogP contribution >= 0.6 is 12.4 Å². The highest BCUT2D eigenvalue weighted by Crippen LogP contribution is 2.37. The number of nitrogens with zero attached hydrogens (tertiary/aromatic N) is 1. The number of rotatable bonds is 5. The Morgan fingerprint density at radius 3 is 2.85 bits per heavy atom. The quantitative estimate of drug-likeness (QED) is 0.852. The Kier molecular flexibility index (Phi) is 4.42. The summed E-state index contributed by atoms with van der Waals surface area (Å²) in [7, 11) is 0. The predicted octanol–water partition coefficient (Wildman–Crippen LogP) is 4.01. The number of hydrogen-bond acceptors (Lipinski definition) is 3. The van der Waals surface area contributed by atoms with Crippen molar-refractivity contribution in [3.8, 4) is 5.75 Å². The van der Waals surface area contributed by atoms with Crippen molar-refractivity contribution >= 4 is 23.9 Å². The molecule has 0 aliphatic carbocycles. The second kappa shape index (κ2) is 8.88. The summed E-state index contributed by atoms with van der Waals surface area (Å²) in [6.45, 7) is -5.36. The van der Waals surface area contributed by atoms with Crippen molar-refractivity contribution in [2.75, 3.05) is 20.5 Å². The minimum atomic E-state index is -2.75. The van der Waals surface area contributed by atoms with Gasteiger partial charge in [-0.15, -0.1) is 12.4 Å². The molecular weight excluding hydrogens is 350 g/mol. The van der Waals surface area contributed by atoms with E-state index in [4.69, 9.17) is 18.1 Å². The second-order valence-electron chi connectivity index (χ2n) is 5.90. The van der Waals surface area contributed by atoms with Crippen LogP contribution in [-0.2, 0) is 17.8 Å². The lowest BCUT2D eigenvalue weighted by atomic mass is 9.92. The number of aliphatic carboxylic acids is 1. The van der Waals surface area contributed by atoms with Crippen LogP contribution in [0.15, 0.2) is 48.5 Å². The van der Waals surface area contributed by atoms with E-state index in [9.17, 15) is 4.79 Å². The van der Waals surface area contributed by atoms with E-state index in [1.807, 2.05) is 24.3 Å². The fourth-order valence-electron chi connectivity index (χ4n) is 2.97. The minimum Gasteiger partial charge on any atom is -0.488 e. The van der Waals surface area contributed by atoms with Crippen molar-refractivity contribution in [3.63, 3.8) is 0 Å². The maximum Gasteiger partial charge on any atom is 0.307 e. The summed E-state index contributed by atoms with van der Waals surface area (Å²) in [4.78, 5) is 11.7. The zero-order chi connectivity index (χ0) is 22.8. The van der Waals surface area contributed by atoms with Crippen molar-refractivity contribution < 1.29 is 22.9 Å². The lowest BCUT2D eigenvalue weighted by molar-refractivity contribution is -0.136. The van der Waals surface area contributed by atoms with Gasteiger partial charge in [-0.3, -0.25) is 4.79 Å². The van der Waals surface area contributed by atoms with Gasteiger partial charge in [0.25, 0.3) is 0 Å². The molecule has 0 spiro atoms. The Morgan fingerprint density at radius 2 is 2.08 bits per heavy atom. The van der Waals surface area contributed by atoms with Crippen LogP contribution < -0.4 is 4.74 Å². The summed E-state index contributed by atoms with van der Waals surface area (Å²) < 4.78 is 51.1. The molecule has 5 heteroatoms. The van der Waals surface area contributed by atoms with Crippen molar-refractivity contribution in [1.82, 2.24) is 4.90 Å². The molecule has 0 saturated heterocycles. The Balaban J connectivity index is 0.00000363. The van der Waals surface area contributed by atoms with Crippen molar-refractivity contribution in [2.24, 2.45) is 0 Å². The zero-order valence-electron chi connectivity index (χ0n) is 20.1. The number of carboxylic acid groups (broad SMARTS) is 1. The first-order chi connectivity index (χ1) is 14.5. The first kappa shape index (κ1) is 13.0. The molecule has 0 bridgehead atoms. The molecule has 2 aromatic carbocycles. The summed E-state index contributed by atoms with van der Waals surface area (Å²) in [6, 6.07) is 12.8. The van der Waals surface area contributed by atoms with Crippen LogP contribution in [0.5, 0.6) is 5.75 Å². The van der Waals surface area contributed by atoms with Crippen LogP contribution in [0.2, 0.25) is 0 Å². The standard InChI is InChI=1S/C21H23NO3.ClH/c1-22(2)11-5-8-18-17-7-4-3-6-16(17)14-25-20-10-9-15(12-19(18)20)13-21(23)24;/h3-4,6-10,12H,5,11,13-14H2,1-2H3,(H,23,24);1H/i1D3,2D3;. The molecule has 0 saturated carbocycles. The fourth-order valence-corrected chi connectivity index (χ4v) is 2.97. The molecule has 3 rings (SSSR count). The molecule has 0 unspecified atom stereocenters. The summed E-state index contributed by atoms with van der Waals surface area (Å²) in [5.41, 5.74) is 3.85. The summed E-state index contributed by atoms with van der Waals surface area (Å²) in [5, 5.41) is 9.15. The summed E-state index contributed by atoms with van der Waals surface area (Å²) in [6.07, 6.45) is 1.82. The molecule has 0 radical (unpaired) electrons. The van der Waals surface area contributed by atoms with Gasteiger partial charge < -0.3 is 14.7 Å². The third-order valence-corrected chi connectivity index (χ3v) is 4.08. The van der Waals surface area contributed by atoms with E-state index in [1.165, 1.54) is 0 Å². The average Bonchev–Trinajstić information content (AvgIpc) is 2.79. The first-order valence-electron chi connectivity index (χ1n) is 11.0. The Labute approximate surface area is 168 Å². The molecule has 0 aromatic heterocycles. The van der Waals surface area contributed by atoms with E-state index < -0.39 is 19.9 Å². The van der Waals surface area contributed by atoms with Gasteiger partial charge in [0.2, 0.25) is 0 Å². The highest BCUT2D eigenvalue weighted by molar-refractivity contribution is 5.86. The van der Waals surface area contributed by atoms with E-state index in [-0.39, 0.29) is 31.8 Å². The monoisotopic (exact) mass is 379 g/mol. The van der Waals surface area contributed by atoms with E-state index in [1.54, 1.807) is 24.3 Å². The number of benzene rings is 2. The van der Waals surface area contributed by atoms with Crippen LogP contribution in [0.3, 0.4) is 0 Å². The van der Waals surface area contributed by atoms with Crippen LogP contribution in [0.1, 0.15) is 36.9 Å². The topological polar surface area (TPSA) is 49.8 Å². The number of ether oxygens (including phenoxy) is 1. The molecule has 2 aromatic rings. The number of hydrogen-bond donors (Lipinski definition) is 1. The minimum absolute atomic E-state index is 0. The van der Waals surface area contributed by atoms with Gasteiger partial charge in [-0.05, 0) is 54.8 Å². The maximum absolute atomic E-state index is 11.2. The van der Waals surface area contributed by atoms with Gasteiger partial charge in [0.05, 0.1) is 6.42 Å². The summed E-state index contributed by atoms with van der Waals surface area (Å²) in [5.74, 6) is -0.369. The Bertz CT molecular complexity index is 990. The maximum atomic E-state index is 11.2. The molecule has 138 valence electrons. The third kappa shape index (κ3) is 4.65. The zero-order valence-corrected chi connectivity index (χ0v) is 14.9. The van der Waals surface area contributed by atoms with Crippen molar-refractivity contribution in [1.29, 1.82) is 0 Å². The highest BCUT2D eigenvalue weighted by atomic mass is 35.5. The van der Waals surface area contributed by atoms with Gasteiger partial charge in [-0.1, -0.05) is 36.4 Å². The first-order valence-corrected chi connectivity index (χ1v) is 8.01. The van der Waals surface area contributed by atoms with Crippen molar-refractivity contribution in [3.05, 3.63) is 70.8 Å². The Morgan fingerprint density at radius 1 is 1.27 bits per heavy atom. The van der Waals surface area contributed by atoms with Crippen molar-refractivity contribution in [2.45, 2.75) is 19.4 Å². The van der Waals surface area contributed by atoms with Gasteiger partial charge in [0, 0.05) is 20.3 Å². The highest BCUT2D eigenvalue weighted by Gasteiger charge is 2.19. The lowest BCUT2D eigenvalue weighted by Gasteiger charge is -2.13. The van der Waals surface area contributed by atoms with Crippen LogP contribution in [0, 0.1) is 0 Å². The average molecular weight is 380 g/mol. The number of fused-ring (bicyclic) bond motifs is 2. The second-order valence-corrected chi connectivity index (χ2v) is 5.90. The fraction of sp³-hybridized carbons (Fsp3) is 0.286. The molecule has 1 N–H and O–H groups in total. The van der Waals surface area contributed by atoms with Crippen LogP contribution in [-0.4, -0.2) is 36.5 Å². The molecule has 0 atom stereocenters. The molecular formula is C21H24ClNO3. The van der Waals surface area contributed by atoms with Gasteiger partial charge in [-0.2, -0.15) is 0 Å². The van der Waals surface area contributed by atoms with E-state index in [0.29, 0.717) is 28.4 Å². The molecule has 26 heavy (non-hydrogen) atoms. The summed E-state index contributed by atoms with van der Waals surface area (Å²) >= 11 is 0. The largest absolute Gasteiger partial charge is 0.488 e. The van der Waals surface area contributed by atoms with E-state index >= 15 is 0 Å². The molecule has 1 heterocycles. The molecule has 0 fully saturated rings. The lowest BCUT2D eigenvalue weighted by Crippen LogP contribution is -2.12. The van der Waals surface area contributed by atoms with Gasteiger partial charge in [0.15, 0.2) is 0 Å². The van der Waals surface area contributed by atoms with Gasteiger partial charge >= 0.3 is 5.97 Å². The SMILES string of the molecule is Cl.[2H]C([2H])([2H])N(CCC=C1c2ccccc2COc2ccc(CC(=O)O)cc21)C([2H])([2H])[2H]. The van der Waals surface area contributed by atoms with E-state index in [0.717, 1.165) is 16.7 Å². The van der Waals surface area contributed by atoms with Crippen LogP contribution in [0.25, 0.3) is 5.57 Å². The van der Waals surface area contributed by atoms with Gasteiger partial charge in [-0.25, -0.2) is 0 Å². The molecule has 4 nitrogen and oxygen atoms in total. The number of carbonyl (C=O) groups is 1. The smallest absolute Gasteiger partial charge is 0.307 e. The third-order valence-electron chi connectivity index (χ3n) is 4.08. The molecule has 0 amide bonds. The normalized spacial score (nSPS) is 18.4. The van der Waals surface area contributed by atoms with Gasteiger partial charge in [0.1, 0.15) is 12.4 Å². The number of halogens is 1. The molecule has 1 aliphatic rings.